The molecule has 0 unspecified atom stereocenters. The highest BCUT2D eigenvalue weighted by atomic mass is 127. The van der Waals surface area contributed by atoms with E-state index in [0.29, 0.717) is 32.1 Å². The van der Waals surface area contributed by atoms with E-state index in [-0.39, 0.29) is 29.9 Å². The molecule has 0 bridgehead atoms. The Labute approximate surface area is 155 Å². The fourth-order valence-electron chi connectivity index (χ4n) is 1.99. The van der Waals surface area contributed by atoms with Crippen LogP contribution in [0.1, 0.15) is 5.56 Å². The van der Waals surface area contributed by atoms with Gasteiger partial charge in [0.1, 0.15) is 0 Å². The second kappa shape index (κ2) is 9.87. The molecule has 1 aromatic rings. The minimum atomic E-state index is -4.37. The first-order valence-electron chi connectivity index (χ1n) is 7.21. The van der Waals surface area contributed by atoms with Gasteiger partial charge in [-0.05, 0) is 12.0 Å². The van der Waals surface area contributed by atoms with E-state index in [1.165, 1.54) is 12.3 Å². The van der Waals surface area contributed by atoms with Crippen molar-refractivity contribution in [2.45, 2.75) is 12.6 Å². The summed E-state index contributed by atoms with van der Waals surface area (Å²) in [5, 5.41) is 0. The molecule has 2 heterocycles. The first-order chi connectivity index (χ1) is 10.9. The maximum absolute atomic E-state index is 12.0. The van der Waals surface area contributed by atoms with Gasteiger partial charge in [0, 0.05) is 31.9 Å². The number of ether oxygens (including phenoxy) is 2. The molecule has 0 spiro atoms. The fourth-order valence-corrected chi connectivity index (χ4v) is 1.99. The lowest BCUT2D eigenvalue weighted by Crippen LogP contribution is -2.44. The summed E-state index contributed by atoms with van der Waals surface area (Å²) >= 11 is 0. The number of hydrogen-bond acceptors (Lipinski definition) is 4. The number of nitrogens with zero attached hydrogens (tertiary/aromatic N) is 3. The zero-order valence-corrected chi connectivity index (χ0v) is 15.3. The Morgan fingerprint density at radius 1 is 1.33 bits per heavy atom. The van der Waals surface area contributed by atoms with E-state index in [4.69, 9.17) is 10.5 Å². The molecule has 0 amide bonds. The number of aromatic nitrogens is 1. The third-order valence-corrected chi connectivity index (χ3v) is 3.19. The second-order valence-corrected chi connectivity index (χ2v) is 5.00. The number of morpholine rings is 1. The summed E-state index contributed by atoms with van der Waals surface area (Å²) in [6.07, 6.45) is -2.30. The van der Waals surface area contributed by atoms with E-state index in [2.05, 4.69) is 14.7 Å². The van der Waals surface area contributed by atoms with Crippen LogP contribution in [0.3, 0.4) is 0 Å². The lowest BCUT2D eigenvalue weighted by atomic mass is 10.2. The quantitative estimate of drug-likeness (QED) is 0.413. The average molecular weight is 460 g/mol. The van der Waals surface area contributed by atoms with Crippen LogP contribution in [0, 0.1) is 0 Å². The molecule has 0 aliphatic carbocycles. The molecule has 1 saturated heterocycles. The van der Waals surface area contributed by atoms with Crippen molar-refractivity contribution in [1.29, 1.82) is 0 Å². The SMILES string of the molecule is I.NC(=NCCc1ccc(OCC(F)(F)F)nc1)N1CCOCC1. The van der Waals surface area contributed by atoms with Gasteiger partial charge in [0.05, 0.1) is 13.2 Å². The summed E-state index contributed by atoms with van der Waals surface area (Å²) in [6.45, 7) is 1.86. The number of nitrogens with two attached hydrogens (primary N) is 1. The molecular formula is C14H20F3IN4O2. The molecule has 2 rings (SSSR count). The van der Waals surface area contributed by atoms with Crippen LogP contribution in [0.4, 0.5) is 13.2 Å². The van der Waals surface area contributed by atoms with Crippen LogP contribution in [-0.2, 0) is 11.2 Å². The largest absolute Gasteiger partial charge is 0.468 e. The molecule has 1 aromatic heterocycles. The number of hydrogen-bond donors (Lipinski definition) is 1. The van der Waals surface area contributed by atoms with Gasteiger partial charge in [-0.2, -0.15) is 13.2 Å². The highest BCUT2D eigenvalue weighted by Crippen LogP contribution is 2.17. The van der Waals surface area contributed by atoms with Crippen LogP contribution in [0.25, 0.3) is 0 Å². The topological polar surface area (TPSA) is 73.0 Å². The Morgan fingerprint density at radius 2 is 2.04 bits per heavy atom. The lowest BCUT2D eigenvalue weighted by Gasteiger charge is -2.27. The van der Waals surface area contributed by atoms with Crippen molar-refractivity contribution in [3.63, 3.8) is 0 Å². The number of rotatable bonds is 5. The summed E-state index contributed by atoms with van der Waals surface area (Å²) in [4.78, 5) is 10.1. The van der Waals surface area contributed by atoms with Crippen LogP contribution in [0.2, 0.25) is 0 Å². The van der Waals surface area contributed by atoms with Crippen LogP contribution in [-0.4, -0.2) is 61.5 Å². The van der Waals surface area contributed by atoms with Gasteiger partial charge in [0.2, 0.25) is 5.88 Å². The van der Waals surface area contributed by atoms with Crippen LogP contribution < -0.4 is 10.5 Å². The molecule has 1 aliphatic heterocycles. The Kier molecular flexibility index (Phi) is 8.53. The number of alkyl halides is 3. The summed E-state index contributed by atoms with van der Waals surface area (Å²) in [5.74, 6) is 0.425. The highest BCUT2D eigenvalue weighted by molar-refractivity contribution is 14.0. The first-order valence-corrected chi connectivity index (χ1v) is 7.21. The lowest BCUT2D eigenvalue weighted by molar-refractivity contribution is -0.154. The molecular weight excluding hydrogens is 440 g/mol. The monoisotopic (exact) mass is 460 g/mol. The molecule has 6 nitrogen and oxygen atoms in total. The van der Waals surface area contributed by atoms with Crippen LogP contribution in [0.5, 0.6) is 5.88 Å². The third kappa shape index (κ3) is 7.51. The standard InChI is InChI=1S/C14H19F3N4O2.HI/c15-14(16,17)10-23-12-2-1-11(9-20-12)3-4-19-13(18)21-5-7-22-8-6-21;/h1-2,9H,3-8,10H2,(H2,18,19);1H. The van der Waals surface area contributed by atoms with Crippen molar-refractivity contribution in [2.24, 2.45) is 10.7 Å². The first kappa shape index (κ1) is 20.7. The number of halogens is 4. The van der Waals surface area contributed by atoms with Crippen molar-refractivity contribution >= 4 is 29.9 Å². The Hall–Kier alpha value is -1.30. The Bertz CT molecular complexity index is 520. The number of guanidine groups is 1. The van der Waals surface area contributed by atoms with Crippen LogP contribution in [0.15, 0.2) is 23.3 Å². The second-order valence-electron chi connectivity index (χ2n) is 5.00. The normalized spacial score (nSPS) is 15.8. The molecule has 24 heavy (non-hydrogen) atoms. The zero-order valence-electron chi connectivity index (χ0n) is 13.0. The predicted octanol–water partition coefficient (Wildman–Crippen LogP) is 1.83. The number of aliphatic imine (C=N–C) groups is 1. The van der Waals surface area contributed by atoms with E-state index >= 15 is 0 Å². The smallest absolute Gasteiger partial charge is 0.422 e. The molecule has 0 atom stereocenters. The van der Waals surface area contributed by atoms with Gasteiger partial charge in [0.25, 0.3) is 0 Å². The van der Waals surface area contributed by atoms with Crippen molar-refractivity contribution in [2.75, 3.05) is 39.5 Å². The Morgan fingerprint density at radius 3 is 2.62 bits per heavy atom. The molecule has 2 N–H and O–H groups in total. The minimum Gasteiger partial charge on any atom is -0.468 e. The van der Waals surface area contributed by atoms with Crippen molar-refractivity contribution in [1.82, 2.24) is 9.88 Å². The number of pyridine rings is 1. The molecule has 0 radical (unpaired) electrons. The van der Waals surface area contributed by atoms with E-state index in [0.717, 1.165) is 18.7 Å². The van der Waals surface area contributed by atoms with Gasteiger partial charge in [-0.1, -0.05) is 6.07 Å². The van der Waals surface area contributed by atoms with Gasteiger partial charge in [-0.25, -0.2) is 4.98 Å². The maximum Gasteiger partial charge on any atom is 0.422 e. The molecule has 10 heteroatoms. The summed E-state index contributed by atoms with van der Waals surface area (Å²) in [5.41, 5.74) is 6.75. The van der Waals surface area contributed by atoms with Gasteiger partial charge in [0.15, 0.2) is 12.6 Å². The van der Waals surface area contributed by atoms with E-state index in [1.54, 1.807) is 6.07 Å². The zero-order chi connectivity index (χ0) is 16.7. The maximum atomic E-state index is 12.0. The van der Waals surface area contributed by atoms with Crippen LogP contribution >= 0.6 is 24.0 Å². The molecule has 0 aromatic carbocycles. The van der Waals surface area contributed by atoms with E-state index in [9.17, 15) is 13.2 Å². The van der Waals surface area contributed by atoms with Gasteiger partial charge in [-0.15, -0.1) is 24.0 Å². The predicted molar refractivity (Wildman–Crippen MR) is 93.8 cm³/mol. The third-order valence-electron chi connectivity index (χ3n) is 3.19. The summed E-state index contributed by atoms with van der Waals surface area (Å²) in [7, 11) is 0. The average Bonchev–Trinajstić information content (AvgIpc) is 2.54. The van der Waals surface area contributed by atoms with Crippen molar-refractivity contribution in [3.05, 3.63) is 23.9 Å². The summed E-state index contributed by atoms with van der Waals surface area (Å²) in [6, 6.07) is 3.08. The summed E-state index contributed by atoms with van der Waals surface area (Å²) < 4.78 is 45.9. The Balaban J connectivity index is 0.00000288. The van der Waals surface area contributed by atoms with Gasteiger partial charge in [-0.3, -0.25) is 4.99 Å². The molecule has 0 saturated carbocycles. The van der Waals surface area contributed by atoms with Crippen molar-refractivity contribution < 1.29 is 22.6 Å². The van der Waals surface area contributed by atoms with Gasteiger partial charge >= 0.3 is 6.18 Å². The van der Waals surface area contributed by atoms with Crippen molar-refractivity contribution in [3.8, 4) is 5.88 Å². The molecule has 136 valence electrons. The van der Waals surface area contributed by atoms with E-state index in [1.807, 2.05) is 4.90 Å². The molecule has 1 aliphatic rings. The highest BCUT2D eigenvalue weighted by Gasteiger charge is 2.28. The molecule has 1 fully saturated rings. The van der Waals surface area contributed by atoms with E-state index < -0.39 is 12.8 Å². The minimum absolute atomic E-state index is 0. The van der Waals surface area contributed by atoms with Gasteiger partial charge < -0.3 is 20.1 Å². The fraction of sp³-hybridized carbons (Fsp3) is 0.571.